The van der Waals surface area contributed by atoms with E-state index in [1.807, 2.05) is 13.8 Å². The van der Waals surface area contributed by atoms with Crippen molar-refractivity contribution in [3.8, 4) is 11.5 Å². The number of benzene rings is 4. The molecule has 0 fully saturated rings. The van der Waals surface area contributed by atoms with Crippen molar-refractivity contribution >= 4 is 40.5 Å². The van der Waals surface area contributed by atoms with Crippen molar-refractivity contribution in [3.05, 3.63) is 153 Å². The highest BCUT2D eigenvalue weighted by atomic mass is 19.1. The van der Waals surface area contributed by atoms with Gasteiger partial charge in [0.2, 0.25) is 11.8 Å². The van der Waals surface area contributed by atoms with Crippen molar-refractivity contribution in [1.29, 1.82) is 0 Å². The summed E-state index contributed by atoms with van der Waals surface area (Å²) in [5.41, 5.74) is 6.08. The van der Waals surface area contributed by atoms with E-state index < -0.39 is 40.7 Å². The first-order valence-corrected chi connectivity index (χ1v) is 24.7. The van der Waals surface area contributed by atoms with Gasteiger partial charge < -0.3 is 24.4 Å². The number of aryl methyl sites for hydroxylation is 2. The largest absolute Gasteiger partial charge is 0.497 e. The molecule has 6 aromatic rings. The van der Waals surface area contributed by atoms with Crippen LogP contribution < -0.4 is 19.3 Å². The van der Waals surface area contributed by atoms with Crippen LogP contribution >= 0.6 is 0 Å². The zero-order valence-corrected chi connectivity index (χ0v) is 43.2. The number of anilines is 2. The number of halogens is 4. The van der Waals surface area contributed by atoms with E-state index in [9.17, 15) is 46.6 Å². The van der Waals surface area contributed by atoms with E-state index in [0.29, 0.717) is 67.0 Å². The van der Waals surface area contributed by atoms with Crippen LogP contribution in [0, 0.1) is 49.0 Å². The maximum Gasteiger partial charge on any atom is 0.230 e. The van der Waals surface area contributed by atoms with Crippen molar-refractivity contribution in [1.82, 2.24) is 19.6 Å². The zero-order valence-electron chi connectivity index (χ0n) is 43.2. The number of rotatable bonds is 18. The smallest absolute Gasteiger partial charge is 0.230 e. The number of amides is 2. The van der Waals surface area contributed by atoms with Crippen LogP contribution in [0.2, 0.25) is 0 Å². The number of aliphatic hydroxyl groups is 1. The molecule has 0 spiro atoms. The van der Waals surface area contributed by atoms with E-state index in [4.69, 9.17) is 9.47 Å². The van der Waals surface area contributed by atoms with Gasteiger partial charge in [0, 0.05) is 98.5 Å². The number of hydrogen-bond donors (Lipinski definition) is 1. The Balaban J connectivity index is 0.000000219. The Morgan fingerprint density at radius 1 is 0.640 bits per heavy atom. The highest BCUT2D eigenvalue weighted by molar-refractivity contribution is 5.98. The lowest BCUT2D eigenvalue weighted by Crippen LogP contribution is -2.36. The number of hydrogen-bond acceptors (Lipinski definition) is 10. The average molecular weight is 1040 g/mol. The summed E-state index contributed by atoms with van der Waals surface area (Å²) in [4.78, 5) is 68.3. The molecule has 0 radical (unpaired) electrons. The quantitative estimate of drug-likeness (QED) is 0.0830. The van der Waals surface area contributed by atoms with Crippen LogP contribution in [0.25, 0.3) is 0 Å². The van der Waals surface area contributed by atoms with Gasteiger partial charge in [0.15, 0.2) is 11.6 Å². The molecule has 2 aromatic heterocycles. The minimum absolute atomic E-state index is 0.00113. The SMILES string of the molecule is COc1ccc(N(C)C(=O)[C@@H](CC(=O)Cn2nc(C)c3c2CCC(=O)C3)Cc2cc(F)cc(F)c2)cc1.COc1ccc(N(C)C(=O)[C@@H](CC(=O)Cn2nc(C)c3c2CCC(C)(O)C3)Cc2cc(F)cc(F)c2)cc1. The molecule has 14 nitrogen and oxygen atoms in total. The third-order valence-electron chi connectivity index (χ3n) is 13.9. The number of Topliss-reactive ketones (excluding diaryl/α,β-unsaturated/α-hetero) is 3. The maximum atomic E-state index is 13.9. The molecule has 0 aliphatic heterocycles. The number of carbonyl (C=O) groups is 5. The topological polar surface area (TPSA) is 166 Å². The van der Waals surface area contributed by atoms with Gasteiger partial charge in [-0.25, -0.2) is 17.6 Å². The van der Waals surface area contributed by atoms with Crippen molar-refractivity contribution in [3.63, 3.8) is 0 Å². The third kappa shape index (κ3) is 14.0. The number of fused-ring (bicyclic) bond motifs is 2. The van der Waals surface area contributed by atoms with E-state index in [-0.39, 0.29) is 73.5 Å². The van der Waals surface area contributed by atoms with Gasteiger partial charge >= 0.3 is 0 Å². The first-order valence-electron chi connectivity index (χ1n) is 24.7. The van der Waals surface area contributed by atoms with E-state index in [2.05, 4.69) is 10.2 Å². The molecule has 3 atom stereocenters. The standard InChI is InChI=1S/C29H33F2N3O4.C28H29F2N3O4/c1-18-26-16-29(2,37)10-9-27(26)34(32-18)17-24(35)14-20(11-19-12-21(30)15-22(31)13-19)28(36)33(3)23-5-7-25(38-4)8-6-23;1-17-26-15-23(34)6-9-27(26)33(31-17)16-24(35)13-19(10-18-11-20(29)14-21(30)12-18)28(36)32(2)22-4-7-25(37-3)8-5-22/h5-8,12-13,15,20,37H,9-11,14,16-17H2,1-4H3;4-5,7-8,11-12,14,19H,6,9-10,13,15-16H2,1-3H3/t20-,29?;19-/m11/s1. The molecule has 1 N–H and O–H groups in total. The molecule has 1 unspecified atom stereocenters. The summed E-state index contributed by atoms with van der Waals surface area (Å²) in [6.07, 6.45) is 2.62. The van der Waals surface area contributed by atoms with Crippen LogP contribution in [0.3, 0.4) is 0 Å². The molecule has 18 heteroatoms. The fraction of sp³-hybridized carbons (Fsp3) is 0.386. The molecular weight excluding hydrogens is 973 g/mol. The number of ether oxygens (including phenoxy) is 2. The Labute approximate surface area is 433 Å². The van der Waals surface area contributed by atoms with Crippen LogP contribution in [0.1, 0.15) is 77.6 Å². The zero-order chi connectivity index (χ0) is 54.3. The first-order chi connectivity index (χ1) is 35.6. The van der Waals surface area contributed by atoms with Crippen molar-refractivity contribution in [2.45, 2.75) is 104 Å². The number of carbonyl (C=O) groups excluding carboxylic acids is 5. The summed E-state index contributed by atoms with van der Waals surface area (Å²) in [6.45, 7) is 5.40. The summed E-state index contributed by atoms with van der Waals surface area (Å²) >= 11 is 0. The van der Waals surface area contributed by atoms with Crippen LogP contribution in [0.5, 0.6) is 11.5 Å². The van der Waals surface area contributed by atoms with Crippen molar-refractivity contribution in [2.75, 3.05) is 38.1 Å². The van der Waals surface area contributed by atoms with E-state index in [1.165, 1.54) is 34.1 Å². The Morgan fingerprint density at radius 3 is 1.45 bits per heavy atom. The van der Waals surface area contributed by atoms with E-state index in [1.54, 1.807) is 93.1 Å². The predicted octanol–water partition coefficient (Wildman–Crippen LogP) is 8.22. The molecular formula is C57H62F4N6O8. The molecule has 2 aliphatic rings. The Morgan fingerprint density at radius 2 is 1.04 bits per heavy atom. The van der Waals surface area contributed by atoms with Gasteiger partial charge in [0.1, 0.15) is 40.6 Å². The van der Waals surface area contributed by atoms with Crippen LogP contribution in [-0.2, 0) is 75.6 Å². The number of methoxy groups -OCH3 is 2. The van der Waals surface area contributed by atoms with Crippen molar-refractivity contribution < 1.29 is 56.1 Å². The summed E-state index contributed by atoms with van der Waals surface area (Å²) < 4.78 is 69.2. The molecule has 396 valence electrons. The van der Waals surface area contributed by atoms with Gasteiger partial charge in [-0.1, -0.05) is 0 Å². The molecule has 2 aliphatic carbocycles. The Kier molecular flexibility index (Phi) is 17.6. The summed E-state index contributed by atoms with van der Waals surface area (Å²) in [6, 6.07) is 20.0. The molecule has 75 heavy (non-hydrogen) atoms. The lowest BCUT2D eigenvalue weighted by Gasteiger charge is -2.28. The minimum Gasteiger partial charge on any atom is -0.497 e. The van der Waals surface area contributed by atoms with Gasteiger partial charge in [-0.2, -0.15) is 10.2 Å². The number of ketones is 3. The summed E-state index contributed by atoms with van der Waals surface area (Å²) in [5.74, 6) is -4.40. The summed E-state index contributed by atoms with van der Waals surface area (Å²) in [5, 5.41) is 19.5. The number of nitrogens with zero attached hydrogens (tertiary/aromatic N) is 6. The molecule has 2 amide bonds. The normalized spacial score (nSPS) is 15.7. The second kappa shape index (κ2) is 23.8. The third-order valence-corrected chi connectivity index (χ3v) is 13.9. The first kappa shape index (κ1) is 55.3. The van der Waals surface area contributed by atoms with Gasteiger partial charge in [-0.15, -0.1) is 0 Å². The lowest BCUT2D eigenvalue weighted by molar-refractivity contribution is -0.127. The van der Waals surface area contributed by atoms with Crippen LogP contribution in [-0.4, -0.2) is 87.7 Å². The second-order valence-electron chi connectivity index (χ2n) is 19.8. The Bertz CT molecular complexity index is 3040. The highest BCUT2D eigenvalue weighted by Crippen LogP contribution is 2.32. The average Bonchev–Trinajstić information content (AvgIpc) is 3.83. The van der Waals surface area contributed by atoms with E-state index in [0.717, 1.165) is 46.0 Å². The van der Waals surface area contributed by atoms with Crippen LogP contribution in [0.15, 0.2) is 84.9 Å². The van der Waals surface area contributed by atoms with E-state index >= 15 is 0 Å². The van der Waals surface area contributed by atoms with Gasteiger partial charge in [-0.05, 0) is 142 Å². The predicted molar refractivity (Wildman–Crippen MR) is 273 cm³/mol. The fourth-order valence-electron chi connectivity index (χ4n) is 9.96. The monoisotopic (exact) mass is 1030 g/mol. The van der Waals surface area contributed by atoms with Crippen LogP contribution in [0.4, 0.5) is 28.9 Å². The fourth-order valence-corrected chi connectivity index (χ4v) is 9.96. The molecule has 2 heterocycles. The number of aromatic nitrogens is 4. The van der Waals surface area contributed by atoms with Gasteiger partial charge in [-0.3, -0.25) is 33.3 Å². The maximum absolute atomic E-state index is 13.9. The Hall–Kier alpha value is -7.47. The van der Waals surface area contributed by atoms with Gasteiger partial charge in [0.25, 0.3) is 0 Å². The molecule has 8 rings (SSSR count). The molecule has 0 saturated heterocycles. The lowest BCUT2D eigenvalue weighted by atomic mass is 9.84. The minimum atomic E-state index is -0.852. The molecule has 4 aromatic carbocycles. The molecule has 0 saturated carbocycles. The summed E-state index contributed by atoms with van der Waals surface area (Å²) in [7, 11) is 6.29. The highest BCUT2D eigenvalue weighted by Gasteiger charge is 2.34. The van der Waals surface area contributed by atoms with Gasteiger partial charge in [0.05, 0.1) is 44.3 Å². The van der Waals surface area contributed by atoms with Crippen molar-refractivity contribution in [2.24, 2.45) is 11.8 Å². The molecule has 0 bridgehead atoms. The second-order valence-corrected chi connectivity index (χ2v) is 19.8.